The first kappa shape index (κ1) is 27.0. The SMILES string of the molecule is CNC(=O)c1c(-c2ccc(F)cc2)oc2ccc(-c3ccc(-c4ccc5cc[nH]c5c4)c(C(=O)NCC(C)C)c3)cc12. The van der Waals surface area contributed by atoms with E-state index in [1.807, 2.05) is 66.9 Å². The van der Waals surface area contributed by atoms with Gasteiger partial charge >= 0.3 is 0 Å². The molecule has 0 aliphatic rings. The molecular formula is C35H30FN3O3. The van der Waals surface area contributed by atoms with E-state index in [4.69, 9.17) is 4.42 Å². The number of hydrogen-bond acceptors (Lipinski definition) is 3. The molecule has 210 valence electrons. The van der Waals surface area contributed by atoms with Crippen molar-refractivity contribution in [3.05, 3.63) is 108 Å². The van der Waals surface area contributed by atoms with Crippen molar-refractivity contribution in [1.82, 2.24) is 15.6 Å². The number of aromatic amines is 1. The van der Waals surface area contributed by atoms with Crippen LogP contribution in [0.25, 0.3) is 55.4 Å². The number of amides is 2. The molecule has 0 aliphatic carbocycles. The minimum atomic E-state index is -0.372. The number of furan rings is 1. The average Bonchev–Trinajstić information content (AvgIpc) is 3.63. The summed E-state index contributed by atoms with van der Waals surface area (Å²) >= 11 is 0. The van der Waals surface area contributed by atoms with E-state index in [1.165, 1.54) is 12.1 Å². The molecule has 42 heavy (non-hydrogen) atoms. The highest BCUT2D eigenvalue weighted by molar-refractivity contribution is 6.12. The van der Waals surface area contributed by atoms with Crippen molar-refractivity contribution in [3.8, 4) is 33.6 Å². The van der Waals surface area contributed by atoms with Crippen LogP contribution in [0.5, 0.6) is 0 Å². The topological polar surface area (TPSA) is 87.1 Å². The molecule has 3 N–H and O–H groups in total. The molecule has 0 atom stereocenters. The molecule has 0 unspecified atom stereocenters. The van der Waals surface area contributed by atoms with Crippen molar-refractivity contribution in [2.45, 2.75) is 13.8 Å². The number of carbonyl (C=O) groups excluding carboxylic acids is 2. The molecule has 0 fully saturated rings. The zero-order chi connectivity index (χ0) is 29.4. The predicted molar refractivity (Wildman–Crippen MR) is 165 cm³/mol. The summed E-state index contributed by atoms with van der Waals surface area (Å²) in [5.41, 5.74) is 6.45. The van der Waals surface area contributed by atoms with Crippen LogP contribution in [0.2, 0.25) is 0 Å². The fraction of sp³-hybridized carbons (Fsp3) is 0.143. The molecule has 2 amide bonds. The highest BCUT2D eigenvalue weighted by atomic mass is 19.1. The molecule has 7 heteroatoms. The molecule has 0 spiro atoms. The van der Waals surface area contributed by atoms with Gasteiger partial charge in [0.1, 0.15) is 17.2 Å². The van der Waals surface area contributed by atoms with Gasteiger partial charge in [-0.1, -0.05) is 44.2 Å². The van der Waals surface area contributed by atoms with E-state index >= 15 is 0 Å². The lowest BCUT2D eigenvalue weighted by atomic mass is 9.93. The van der Waals surface area contributed by atoms with E-state index in [2.05, 4.69) is 29.5 Å². The number of aromatic nitrogens is 1. The Bertz CT molecular complexity index is 1950. The second kappa shape index (κ2) is 11.0. The lowest BCUT2D eigenvalue weighted by molar-refractivity contribution is 0.0946. The monoisotopic (exact) mass is 559 g/mol. The van der Waals surface area contributed by atoms with Crippen molar-refractivity contribution in [2.24, 2.45) is 5.92 Å². The number of benzene rings is 4. The molecule has 6 aromatic rings. The molecule has 0 bridgehead atoms. The third kappa shape index (κ3) is 5.05. The van der Waals surface area contributed by atoms with Crippen LogP contribution in [-0.2, 0) is 0 Å². The number of nitrogens with one attached hydrogen (secondary N) is 3. The Hall–Kier alpha value is -5.17. The Kier molecular flexibility index (Phi) is 7.08. The Labute approximate surface area is 242 Å². The highest BCUT2D eigenvalue weighted by Gasteiger charge is 2.23. The van der Waals surface area contributed by atoms with E-state index in [0.717, 1.165) is 33.2 Å². The number of hydrogen-bond donors (Lipinski definition) is 3. The second-order valence-corrected chi connectivity index (χ2v) is 10.7. The molecule has 0 aliphatic heterocycles. The zero-order valence-electron chi connectivity index (χ0n) is 23.5. The highest BCUT2D eigenvalue weighted by Crippen LogP contribution is 2.37. The van der Waals surface area contributed by atoms with Gasteiger partial charge < -0.3 is 20.0 Å². The number of carbonyl (C=O) groups is 2. The maximum absolute atomic E-state index is 13.6. The number of halogens is 1. The summed E-state index contributed by atoms with van der Waals surface area (Å²) in [7, 11) is 1.56. The van der Waals surface area contributed by atoms with Crippen LogP contribution in [0.4, 0.5) is 4.39 Å². The van der Waals surface area contributed by atoms with Crippen molar-refractivity contribution < 1.29 is 18.4 Å². The van der Waals surface area contributed by atoms with Gasteiger partial charge in [-0.2, -0.15) is 0 Å². The van der Waals surface area contributed by atoms with E-state index in [1.54, 1.807) is 19.2 Å². The van der Waals surface area contributed by atoms with Crippen LogP contribution in [0.3, 0.4) is 0 Å². The number of rotatable bonds is 7. The van der Waals surface area contributed by atoms with Crippen LogP contribution in [-0.4, -0.2) is 30.4 Å². The maximum atomic E-state index is 13.6. The first-order valence-electron chi connectivity index (χ1n) is 13.9. The minimum absolute atomic E-state index is 0.152. The minimum Gasteiger partial charge on any atom is -0.455 e. The Morgan fingerprint density at radius 2 is 1.55 bits per heavy atom. The Morgan fingerprint density at radius 1 is 0.833 bits per heavy atom. The van der Waals surface area contributed by atoms with Gasteiger partial charge in [-0.15, -0.1) is 0 Å². The molecule has 0 radical (unpaired) electrons. The first-order valence-corrected chi connectivity index (χ1v) is 13.9. The zero-order valence-corrected chi connectivity index (χ0v) is 23.5. The van der Waals surface area contributed by atoms with Gasteiger partial charge in [0, 0.05) is 41.8 Å². The van der Waals surface area contributed by atoms with E-state index < -0.39 is 0 Å². The van der Waals surface area contributed by atoms with Gasteiger partial charge in [-0.05, 0) is 88.2 Å². The summed E-state index contributed by atoms with van der Waals surface area (Å²) in [5.74, 6) is -0.165. The summed E-state index contributed by atoms with van der Waals surface area (Å²) in [5, 5.41) is 7.48. The molecule has 2 heterocycles. The van der Waals surface area contributed by atoms with Crippen molar-refractivity contribution in [3.63, 3.8) is 0 Å². The molecule has 2 aromatic heterocycles. The Balaban J connectivity index is 1.48. The smallest absolute Gasteiger partial charge is 0.255 e. The summed E-state index contributed by atoms with van der Waals surface area (Å²) in [4.78, 5) is 29.8. The third-order valence-corrected chi connectivity index (χ3v) is 7.38. The summed E-state index contributed by atoms with van der Waals surface area (Å²) in [6.07, 6.45) is 1.90. The van der Waals surface area contributed by atoms with Gasteiger partial charge in [-0.25, -0.2) is 4.39 Å². The standard InChI is InChI=1S/C35H30FN3O3/c1-20(2)19-39-34(40)28-16-23(8-12-27(28)25-5-4-21-14-15-38-30(21)18-25)24-9-13-31-29(17-24)32(35(41)37-3)33(42-31)22-6-10-26(36)11-7-22/h4-18,20,38H,19H2,1-3H3,(H,37,41)(H,39,40). The van der Waals surface area contributed by atoms with Gasteiger partial charge in [0.15, 0.2) is 0 Å². The third-order valence-electron chi connectivity index (χ3n) is 7.38. The van der Waals surface area contributed by atoms with Crippen LogP contribution >= 0.6 is 0 Å². The number of H-pyrrole nitrogens is 1. The summed E-state index contributed by atoms with van der Waals surface area (Å²) < 4.78 is 19.7. The molecule has 0 saturated heterocycles. The van der Waals surface area contributed by atoms with Crippen molar-refractivity contribution in [1.29, 1.82) is 0 Å². The van der Waals surface area contributed by atoms with Crippen LogP contribution in [0.15, 0.2) is 95.5 Å². The van der Waals surface area contributed by atoms with E-state index in [0.29, 0.717) is 45.9 Å². The predicted octanol–water partition coefficient (Wildman–Crippen LogP) is 7.80. The Morgan fingerprint density at radius 3 is 2.31 bits per heavy atom. The van der Waals surface area contributed by atoms with Crippen LogP contribution < -0.4 is 10.6 Å². The van der Waals surface area contributed by atoms with Gasteiger partial charge in [-0.3, -0.25) is 9.59 Å². The van der Waals surface area contributed by atoms with Crippen LogP contribution in [0, 0.1) is 11.7 Å². The summed E-state index contributed by atoms with van der Waals surface area (Å²) in [6.45, 7) is 4.67. The lowest BCUT2D eigenvalue weighted by Gasteiger charge is -2.14. The fourth-order valence-corrected chi connectivity index (χ4v) is 5.20. The van der Waals surface area contributed by atoms with Crippen molar-refractivity contribution >= 4 is 33.7 Å². The molecule has 6 nitrogen and oxygen atoms in total. The van der Waals surface area contributed by atoms with Crippen molar-refractivity contribution in [2.75, 3.05) is 13.6 Å². The first-order chi connectivity index (χ1) is 20.3. The fourth-order valence-electron chi connectivity index (χ4n) is 5.20. The van der Waals surface area contributed by atoms with Gasteiger partial charge in [0.25, 0.3) is 11.8 Å². The largest absolute Gasteiger partial charge is 0.455 e. The number of fused-ring (bicyclic) bond motifs is 2. The molecule has 0 saturated carbocycles. The normalized spacial score (nSPS) is 11.4. The molecule has 6 rings (SSSR count). The van der Waals surface area contributed by atoms with E-state index in [-0.39, 0.29) is 17.6 Å². The maximum Gasteiger partial charge on any atom is 0.255 e. The molecular weight excluding hydrogens is 529 g/mol. The average molecular weight is 560 g/mol. The lowest BCUT2D eigenvalue weighted by Crippen LogP contribution is -2.27. The van der Waals surface area contributed by atoms with Crippen LogP contribution in [0.1, 0.15) is 34.6 Å². The second-order valence-electron chi connectivity index (χ2n) is 10.7. The summed E-state index contributed by atoms with van der Waals surface area (Å²) in [6, 6.07) is 25.4. The quantitative estimate of drug-likeness (QED) is 0.187. The van der Waals surface area contributed by atoms with Gasteiger partial charge in [0.05, 0.1) is 5.56 Å². The molecule has 4 aromatic carbocycles. The van der Waals surface area contributed by atoms with Gasteiger partial charge in [0.2, 0.25) is 0 Å². The van der Waals surface area contributed by atoms with E-state index in [9.17, 15) is 14.0 Å².